The Hall–Kier alpha value is -3.95. The Labute approximate surface area is 246 Å². The lowest BCUT2D eigenvalue weighted by molar-refractivity contribution is -0.145. The van der Waals surface area contributed by atoms with Crippen molar-refractivity contribution in [2.75, 3.05) is 43.2 Å². The van der Waals surface area contributed by atoms with Crippen LogP contribution in [0.15, 0.2) is 78.9 Å². The summed E-state index contributed by atoms with van der Waals surface area (Å²) < 4.78 is 12.3. The number of aliphatic hydroxyl groups excluding tert-OH is 1. The number of benzene rings is 2. The van der Waals surface area contributed by atoms with Gasteiger partial charge >= 0.3 is 0 Å². The Balaban J connectivity index is 1.46. The van der Waals surface area contributed by atoms with Crippen LogP contribution >= 0.6 is 0 Å². The molecule has 0 aliphatic carbocycles. The summed E-state index contributed by atoms with van der Waals surface area (Å²) in [6, 6.07) is 15.7. The van der Waals surface area contributed by atoms with E-state index in [1.807, 2.05) is 73.7 Å². The van der Waals surface area contributed by atoms with Crippen LogP contribution in [0.3, 0.4) is 0 Å². The number of fused-ring (bicyclic) bond motifs is 2. The van der Waals surface area contributed by atoms with Crippen molar-refractivity contribution in [2.24, 2.45) is 11.8 Å². The number of methoxy groups -OCH3 is 1. The van der Waals surface area contributed by atoms with Crippen molar-refractivity contribution in [1.82, 2.24) is 4.90 Å². The summed E-state index contributed by atoms with van der Waals surface area (Å²) in [5.74, 6) is -1.73. The minimum Gasteiger partial charge on any atom is -0.497 e. The average molecular weight is 572 g/mol. The molecule has 42 heavy (non-hydrogen) atoms. The highest BCUT2D eigenvalue weighted by Gasteiger charge is 2.75. The van der Waals surface area contributed by atoms with Gasteiger partial charge in [-0.3, -0.25) is 14.4 Å². The van der Waals surface area contributed by atoms with Crippen molar-refractivity contribution >= 4 is 29.1 Å². The Morgan fingerprint density at radius 3 is 2.19 bits per heavy atom. The van der Waals surface area contributed by atoms with Crippen molar-refractivity contribution in [3.63, 3.8) is 0 Å². The average Bonchev–Trinajstić information content (AvgIpc) is 3.30. The maximum atomic E-state index is 14.6. The molecule has 1 unspecified atom stereocenters. The summed E-state index contributed by atoms with van der Waals surface area (Å²) in [6.45, 7) is 2.88. The summed E-state index contributed by atoms with van der Waals surface area (Å²) >= 11 is 0. The number of rotatable bonds is 8. The van der Waals surface area contributed by atoms with Gasteiger partial charge in [-0.15, -0.1) is 0 Å². The lowest BCUT2D eigenvalue weighted by atomic mass is 9.73. The molecule has 4 aliphatic heterocycles. The van der Waals surface area contributed by atoms with Crippen LogP contribution in [0.2, 0.25) is 0 Å². The number of anilines is 2. The second-order valence-electron chi connectivity index (χ2n) is 11.3. The molecule has 2 fully saturated rings. The maximum Gasteiger partial charge on any atom is 0.253 e. The van der Waals surface area contributed by atoms with Crippen molar-refractivity contribution in [3.8, 4) is 5.75 Å². The summed E-state index contributed by atoms with van der Waals surface area (Å²) in [7, 11) is 1.59. The van der Waals surface area contributed by atoms with Gasteiger partial charge in [0.25, 0.3) is 5.91 Å². The van der Waals surface area contributed by atoms with Gasteiger partial charge in [0.15, 0.2) is 0 Å². The monoisotopic (exact) mass is 571 g/mol. The normalized spacial score (nSPS) is 30.2. The van der Waals surface area contributed by atoms with E-state index < -0.39 is 29.1 Å². The SMILES string of the molecule is CC[C@]12C=CCN(c3ccccc3)C(=O)[C@H]1[C@H]1C(=O)N(CCCCO)C3C(=O)N(c4ccc(OC)cc4)CC=C[C@@]31O2. The number of amides is 3. The molecule has 3 amide bonds. The van der Waals surface area contributed by atoms with Gasteiger partial charge in [0, 0.05) is 37.6 Å². The molecule has 0 radical (unpaired) electrons. The number of carbonyl (C=O) groups is 3. The molecule has 2 saturated heterocycles. The van der Waals surface area contributed by atoms with E-state index >= 15 is 0 Å². The summed E-state index contributed by atoms with van der Waals surface area (Å²) in [6.07, 6.45) is 9.12. The third-order valence-electron chi connectivity index (χ3n) is 9.20. The number of likely N-dealkylation sites (tertiary alicyclic amines) is 1. The van der Waals surface area contributed by atoms with Crippen LogP contribution in [0.1, 0.15) is 26.2 Å². The number of hydrogen-bond acceptors (Lipinski definition) is 6. The van der Waals surface area contributed by atoms with Crippen LogP contribution in [0, 0.1) is 11.8 Å². The molecule has 220 valence electrons. The molecule has 1 N–H and O–H groups in total. The van der Waals surface area contributed by atoms with Gasteiger partial charge in [0.2, 0.25) is 11.8 Å². The standard InChI is InChI=1S/C33H37N3O6/c1-3-32-17-9-20-34(23-11-5-4-6-12-23)29(38)26(32)27-30(39)36(19-7-8-22-37)28-31(40)35(21-10-18-33(27,28)42-32)24-13-15-25(41-2)16-14-24/h4-6,9-18,26-28,37H,3,7-8,19-22H2,1-2H3/t26-,27+,28?,32+,33+/m1/s1. The van der Waals surface area contributed by atoms with E-state index in [-0.39, 0.29) is 30.9 Å². The lowest BCUT2D eigenvalue weighted by Gasteiger charge is -2.38. The molecule has 0 aromatic heterocycles. The van der Waals surface area contributed by atoms with Gasteiger partial charge in [-0.05, 0) is 55.7 Å². The molecule has 4 aliphatic rings. The molecule has 1 spiro atoms. The minimum absolute atomic E-state index is 0.0134. The zero-order chi connectivity index (χ0) is 29.5. The fourth-order valence-corrected chi connectivity index (χ4v) is 7.23. The first-order valence-electron chi connectivity index (χ1n) is 14.7. The van der Waals surface area contributed by atoms with Crippen LogP contribution in [0.25, 0.3) is 0 Å². The zero-order valence-corrected chi connectivity index (χ0v) is 24.0. The first-order valence-corrected chi connectivity index (χ1v) is 14.7. The lowest BCUT2D eigenvalue weighted by Crippen LogP contribution is -2.56. The molecule has 0 bridgehead atoms. The van der Waals surface area contributed by atoms with Crippen molar-refractivity contribution in [3.05, 3.63) is 78.9 Å². The van der Waals surface area contributed by atoms with Crippen LogP contribution in [-0.2, 0) is 19.1 Å². The van der Waals surface area contributed by atoms with Crippen LogP contribution in [0.4, 0.5) is 11.4 Å². The molecular weight excluding hydrogens is 534 g/mol. The second kappa shape index (κ2) is 11.0. The Morgan fingerprint density at radius 1 is 0.857 bits per heavy atom. The van der Waals surface area contributed by atoms with E-state index in [1.165, 1.54) is 0 Å². The third kappa shape index (κ3) is 4.25. The number of hydrogen-bond donors (Lipinski definition) is 1. The van der Waals surface area contributed by atoms with E-state index in [0.29, 0.717) is 43.8 Å². The van der Waals surface area contributed by atoms with Gasteiger partial charge in [-0.1, -0.05) is 49.4 Å². The number of aliphatic hydroxyl groups is 1. The molecule has 0 saturated carbocycles. The summed E-state index contributed by atoms with van der Waals surface area (Å²) in [4.78, 5) is 48.5. The summed E-state index contributed by atoms with van der Waals surface area (Å²) in [5.41, 5.74) is -0.942. The van der Waals surface area contributed by atoms with Gasteiger partial charge in [-0.25, -0.2) is 0 Å². The highest BCUT2D eigenvalue weighted by Crippen LogP contribution is 2.58. The highest BCUT2D eigenvalue weighted by atomic mass is 16.5. The van der Waals surface area contributed by atoms with E-state index in [0.717, 1.165) is 5.69 Å². The van der Waals surface area contributed by atoms with Gasteiger partial charge < -0.3 is 29.3 Å². The smallest absolute Gasteiger partial charge is 0.253 e. The minimum atomic E-state index is -1.32. The number of para-hydroxylation sites is 1. The van der Waals surface area contributed by atoms with Crippen LogP contribution < -0.4 is 14.5 Å². The van der Waals surface area contributed by atoms with Gasteiger partial charge in [0.05, 0.1) is 24.5 Å². The molecule has 4 heterocycles. The quantitative estimate of drug-likeness (QED) is 0.386. The zero-order valence-electron chi connectivity index (χ0n) is 24.0. The second-order valence-corrected chi connectivity index (χ2v) is 11.3. The Kier molecular flexibility index (Phi) is 7.41. The Bertz CT molecular complexity index is 1410. The van der Waals surface area contributed by atoms with Gasteiger partial charge in [-0.2, -0.15) is 0 Å². The molecule has 9 nitrogen and oxygen atoms in total. The van der Waals surface area contributed by atoms with Crippen LogP contribution in [-0.4, -0.2) is 78.3 Å². The number of unbranched alkanes of at least 4 members (excludes halogenated alkanes) is 1. The molecule has 2 aromatic carbocycles. The fourth-order valence-electron chi connectivity index (χ4n) is 7.23. The largest absolute Gasteiger partial charge is 0.497 e. The predicted molar refractivity (Wildman–Crippen MR) is 158 cm³/mol. The fraction of sp³-hybridized carbons (Fsp3) is 0.424. The molecule has 5 atom stereocenters. The number of nitrogens with zero attached hydrogens (tertiary/aromatic N) is 3. The molecule has 6 rings (SSSR count). The van der Waals surface area contributed by atoms with Crippen molar-refractivity contribution < 1.29 is 29.0 Å². The first kappa shape index (κ1) is 28.2. The van der Waals surface area contributed by atoms with E-state index in [2.05, 4.69) is 0 Å². The van der Waals surface area contributed by atoms with Crippen LogP contribution in [0.5, 0.6) is 5.75 Å². The molecule has 9 heteroatoms. The van der Waals surface area contributed by atoms with Crippen molar-refractivity contribution in [2.45, 2.75) is 43.4 Å². The highest BCUT2D eigenvalue weighted by molar-refractivity contribution is 6.07. The molecular formula is C33H37N3O6. The van der Waals surface area contributed by atoms with Crippen molar-refractivity contribution in [1.29, 1.82) is 0 Å². The number of carbonyl (C=O) groups excluding carboxylic acids is 3. The maximum absolute atomic E-state index is 14.6. The molecule has 2 aromatic rings. The van der Waals surface area contributed by atoms with E-state index in [9.17, 15) is 19.5 Å². The van der Waals surface area contributed by atoms with E-state index in [4.69, 9.17) is 9.47 Å². The predicted octanol–water partition coefficient (Wildman–Crippen LogP) is 3.33. The van der Waals surface area contributed by atoms with Gasteiger partial charge in [0.1, 0.15) is 17.4 Å². The Morgan fingerprint density at radius 2 is 1.52 bits per heavy atom. The third-order valence-corrected chi connectivity index (χ3v) is 9.20. The van der Waals surface area contributed by atoms with E-state index in [1.54, 1.807) is 33.9 Å². The first-order chi connectivity index (χ1) is 20.4. The summed E-state index contributed by atoms with van der Waals surface area (Å²) in [5, 5.41) is 9.47. The number of ether oxygens (including phenoxy) is 2. The topological polar surface area (TPSA) is 99.6 Å².